The van der Waals surface area contributed by atoms with Crippen LogP contribution in [0.1, 0.15) is 99.2 Å². The van der Waals surface area contributed by atoms with Crippen molar-refractivity contribution in [1.82, 2.24) is 10.3 Å². The number of anilines is 1. The number of carbonyl (C=O) groups excluding carboxylic acids is 1. The first-order valence-corrected chi connectivity index (χ1v) is 13.9. The van der Waals surface area contributed by atoms with Crippen molar-refractivity contribution >= 4 is 11.7 Å². The molecule has 2 saturated carbocycles. The van der Waals surface area contributed by atoms with Crippen LogP contribution in [0.5, 0.6) is 0 Å². The van der Waals surface area contributed by atoms with Gasteiger partial charge in [-0.15, -0.1) is 0 Å². The van der Waals surface area contributed by atoms with E-state index in [2.05, 4.69) is 10.3 Å². The molecule has 3 N–H and O–H groups in total. The fourth-order valence-corrected chi connectivity index (χ4v) is 6.43. The van der Waals surface area contributed by atoms with Gasteiger partial charge in [-0.1, -0.05) is 18.2 Å². The lowest BCUT2D eigenvalue weighted by atomic mass is 9.83. The van der Waals surface area contributed by atoms with Gasteiger partial charge >= 0.3 is 0 Å². The molecule has 7 heteroatoms. The number of rotatable bonds is 6. The Labute approximate surface area is 230 Å². The molecule has 0 radical (unpaired) electrons. The number of nitrogens with two attached hydrogens (primary N) is 1. The zero-order valence-corrected chi connectivity index (χ0v) is 21.7. The van der Waals surface area contributed by atoms with Crippen LogP contribution in [0.3, 0.4) is 0 Å². The van der Waals surface area contributed by atoms with Crippen LogP contribution in [0.15, 0.2) is 60.7 Å². The van der Waals surface area contributed by atoms with Gasteiger partial charge in [0.15, 0.2) is 0 Å². The van der Waals surface area contributed by atoms with Crippen molar-refractivity contribution < 1.29 is 18.3 Å². The number of nitrogens with zero attached hydrogens (tertiary/aromatic N) is 1. The van der Waals surface area contributed by atoms with E-state index in [-0.39, 0.29) is 18.1 Å². The Morgan fingerprint density at radius 3 is 2.33 bits per heavy atom. The fraction of sp³-hybridized carbons (Fsp3) is 0.273. The summed E-state index contributed by atoms with van der Waals surface area (Å²) in [5.74, 6) is 0.162. The van der Waals surface area contributed by atoms with Gasteiger partial charge in [0.05, 0.1) is 5.69 Å². The summed E-state index contributed by atoms with van der Waals surface area (Å²) in [6.45, 7) is 0.429. The average Bonchev–Trinajstić information content (AvgIpc) is 3.89. The van der Waals surface area contributed by atoms with Crippen molar-refractivity contribution in [2.75, 3.05) is 5.73 Å². The number of aromatic nitrogens is 1. The first-order valence-electron chi connectivity index (χ1n) is 13.9. The van der Waals surface area contributed by atoms with E-state index < -0.39 is 11.6 Å². The Kier molecular flexibility index (Phi) is 5.17. The molecule has 4 aliphatic rings. The number of ether oxygens (including phenoxy) is 1. The number of pyridine rings is 1. The highest BCUT2D eigenvalue weighted by molar-refractivity contribution is 5.94. The molecule has 2 bridgehead atoms. The van der Waals surface area contributed by atoms with Crippen LogP contribution >= 0.6 is 0 Å². The number of amides is 1. The summed E-state index contributed by atoms with van der Waals surface area (Å²) < 4.78 is 34.3. The van der Waals surface area contributed by atoms with E-state index in [0.717, 1.165) is 65.3 Å². The molecule has 1 aromatic heterocycles. The number of hydrogen-bond donors (Lipinski definition) is 2. The van der Waals surface area contributed by atoms with Crippen molar-refractivity contribution in [3.63, 3.8) is 0 Å². The zero-order valence-electron chi connectivity index (χ0n) is 21.7. The minimum absolute atomic E-state index is 0.145. The van der Waals surface area contributed by atoms with Crippen LogP contribution < -0.4 is 11.1 Å². The monoisotopic (exact) mass is 535 g/mol. The molecule has 4 aromatic rings. The number of benzene rings is 3. The summed E-state index contributed by atoms with van der Waals surface area (Å²) in [5.41, 5.74) is 15.1. The molecule has 40 heavy (non-hydrogen) atoms. The molecule has 0 unspecified atom stereocenters. The summed E-state index contributed by atoms with van der Waals surface area (Å²) in [6.07, 6.45) is 3.98. The maximum absolute atomic E-state index is 14.5. The van der Waals surface area contributed by atoms with Crippen LogP contribution in [-0.2, 0) is 11.3 Å². The van der Waals surface area contributed by atoms with Gasteiger partial charge in [-0.3, -0.25) is 4.79 Å². The third kappa shape index (κ3) is 3.83. The molecule has 5 nitrogen and oxygen atoms in total. The summed E-state index contributed by atoms with van der Waals surface area (Å²) in [5, 5.41) is 3.14. The van der Waals surface area contributed by atoms with E-state index in [4.69, 9.17) is 10.5 Å². The Morgan fingerprint density at radius 1 is 0.850 bits per heavy atom. The van der Waals surface area contributed by atoms with E-state index in [1.54, 1.807) is 0 Å². The van der Waals surface area contributed by atoms with Gasteiger partial charge in [-0.2, -0.15) is 0 Å². The quantitative estimate of drug-likeness (QED) is 0.284. The van der Waals surface area contributed by atoms with Gasteiger partial charge in [-0.05, 0) is 107 Å². The standard InChI is InChI=1S/C33H27F2N3O2/c34-20-7-10-21(28(35)13-20)18-5-8-22-25(11-18)32-26-12-19(6-9-23(26)31(22)40-32)33(39)37-15-27-24(16-1-2-16)14-29(36)38-30(27)17-3-4-17/h5-14,16-17,31-32H,1-4,15H2,(H2,36,38)(H,37,39)/t31-,32+/m0/s1. The number of nitrogen functional groups attached to an aromatic ring is 1. The van der Waals surface area contributed by atoms with E-state index in [0.29, 0.717) is 40.9 Å². The second-order valence-electron chi connectivity index (χ2n) is 11.4. The van der Waals surface area contributed by atoms with Crippen LogP contribution in [0.4, 0.5) is 14.6 Å². The molecular formula is C33H27F2N3O2. The zero-order chi connectivity index (χ0) is 27.1. The van der Waals surface area contributed by atoms with Crippen molar-refractivity contribution in [2.24, 2.45) is 0 Å². The van der Waals surface area contributed by atoms with Gasteiger partial charge in [0.25, 0.3) is 5.91 Å². The molecule has 2 aliphatic carbocycles. The Balaban J connectivity index is 1.06. The third-order valence-electron chi connectivity index (χ3n) is 8.70. The van der Waals surface area contributed by atoms with Crippen molar-refractivity contribution in [1.29, 1.82) is 0 Å². The lowest BCUT2D eigenvalue weighted by Crippen LogP contribution is -2.25. The number of hydrogen-bond acceptors (Lipinski definition) is 4. The Bertz CT molecular complexity index is 1690. The summed E-state index contributed by atoms with van der Waals surface area (Å²) in [4.78, 5) is 18.0. The fourth-order valence-electron chi connectivity index (χ4n) is 6.43. The molecule has 0 spiro atoms. The number of carbonyl (C=O) groups is 1. The molecule has 8 rings (SSSR count). The highest BCUT2D eigenvalue weighted by atomic mass is 19.1. The molecule has 3 aromatic carbocycles. The normalized spacial score (nSPS) is 20.4. The van der Waals surface area contributed by atoms with Gasteiger partial charge in [-0.25, -0.2) is 13.8 Å². The maximum Gasteiger partial charge on any atom is 0.251 e. The predicted octanol–water partition coefficient (Wildman–Crippen LogP) is 6.82. The smallest absolute Gasteiger partial charge is 0.251 e. The minimum atomic E-state index is -0.607. The van der Waals surface area contributed by atoms with Crippen molar-refractivity contribution in [2.45, 2.75) is 56.3 Å². The van der Waals surface area contributed by atoms with Crippen molar-refractivity contribution in [3.8, 4) is 11.1 Å². The summed E-state index contributed by atoms with van der Waals surface area (Å²) >= 11 is 0. The molecule has 1 amide bonds. The number of nitrogens with one attached hydrogen (secondary N) is 1. The SMILES string of the molecule is Nc1cc(C2CC2)c(CNC(=O)c2ccc3c(c2)[C@@H]2O[C@H]3c3ccc(-c4ccc(F)cc4F)cc32)c(C2CC2)n1. The molecule has 0 saturated heterocycles. The Hall–Kier alpha value is -4.10. The molecule has 200 valence electrons. The number of halogens is 2. The highest BCUT2D eigenvalue weighted by Crippen LogP contribution is 2.55. The van der Waals surface area contributed by atoms with Crippen LogP contribution in [0, 0.1) is 11.6 Å². The lowest BCUT2D eigenvalue weighted by Gasteiger charge is -2.18. The summed E-state index contributed by atoms with van der Waals surface area (Å²) in [7, 11) is 0. The summed E-state index contributed by atoms with van der Waals surface area (Å²) in [6, 6.07) is 17.0. The van der Waals surface area contributed by atoms with Crippen LogP contribution in [0.25, 0.3) is 11.1 Å². The van der Waals surface area contributed by atoms with Crippen LogP contribution in [0.2, 0.25) is 0 Å². The van der Waals surface area contributed by atoms with E-state index in [1.807, 2.05) is 42.5 Å². The average molecular weight is 536 g/mol. The van der Waals surface area contributed by atoms with Gasteiger partial charge in [0.2, 0.25) is 0 Å². The minimum Gasteiger partial charge on any atom is -0.384 e. The maximum atomic E-state index is 14.5. The molecule has 2 atom stereocenters. The topological polar surface area (TPSA) is 77.2 Å². The molecule has 3 heterocycles. The molecule has 2 aliphatic heterocycles. The van der Waals surface area contributed by atoms with Gasteiger partial charge < -0.3 is 15.8 Å². The van der Waals surface area contributed by atoms with Crippen LogP contribution in [-0.4, -0.2) is 10.9 Å². The first kappa shape index (κ1) is 23.8. The van der Waals surface area contributed by atoms with Gasteiger partial charge in [0, 0.05) is 29.7 Å². The van der Waals surface area contributed by atoms with Gasteiger partial charge in [0.1, 0.15) is 29.7 Å². The second kappa shape index (κ2) is 8.70. The number of fused-ring (bicyclic) bond motifs is 8. The van der Waals surface area contributed by atoms with E-state index in [9.17, 15) is 13.6 Å². The lowest BCUT2D eigenvalue weighted by molar-refractivity contribution is 0.0857. The van der Waals surface area contributed by atoms with E-state index in [1.165, 1.54) is 17.7 Å². The highest BCUT2D eigenvalue weighted by Gasteiger charge is 2.43. The largest absolute Gasteiger partial charge is 0.384 e. The second-order valence-corrected chi connectivity index (χ2v) is 11.4. The third-order valence-corrected chi connectivity index (χ3v) is 8.70. The van der Waals surface area contributed by atoms with E-state index >= 15 is 0 Å². The predicted molar refractivity (Wildman–Crippen MR) is 147 cm³/mol. The molecular weight excluding hydrogens is 508 g/mol. The Morgan fingerprint density at radius 2 is 1.57 bits per heavy atom. The first-order chi connectivity index (χ1) is 19.4. The van der Waals surface area contributed by atoms with Crippen molar-refractivity contribution in [3.05, 3.63) is 117 Å². The molecule has 2 fully saturated rings.